The number of hydrogen-bond acceptors (Lipinski definition) is 4. The minimum absolute atomic E-state index is 0.156. The van der Waals surface area contributed by atoms with Gasteiger partial charge in [-0.25, -0.2) is 9.37 Å². The van der Waals surface area contributed by atoms with Gasteiger partial charge in [0.1, 0.15) is 17.2 Å². The number of carbonyl (C=O) groups excluding carboxylic acids is 2. The summed E-state index contributed by atoms with van der Waals surface area (Å²) in [7, 11) is 0. The maximum Gasteiger partial charge on any atom is 0.272 e. The predicted octanol–water partition coefficient (Wildman–Crippen LogP) is 1.97. The first kappa shape index (κ1) is 19.9. The van der Waals surface area contributed by atoms with Gasteiger partial charge < -0.3 is 15.1 Å². The molecule has 0 aliphatic carbocycles. The van der Waals surface area contributed by atoms with Crippen LogP contribution in [0.5, 0.6) is 0 Å². The second-order valence-electron chi connectivity index (χ2n) is 6.73. The molecule has 3 rings (SSSR count). The fraction of sp³-hybridized carbons (Fsp3) is 0.381. The second-order valence-corrected chi connectivity index (χ2v) is 6.73. The maximum absolute atomic E-state index is 13.6. The van der Waals surface area contributed by atoms with Crippen molar-refractivity contribution in [3.8, 4) is 0 Å². The average Bonchev–Trinajstić information content (AvgIpc) is 2.74. The number of nitrogens with one attached hydrogen (secondary N) is 1. The van der Waals surface area contributed by atoms with Crippen LogP contribution >= 0.6 is 0 Å². The number of pyridine rings is 1. The van der Waals surface area contributed by atoms with Crippen LogP contribution in [0.3, 0.4) is 0 Å². The van der Waals surface area contributed by atoms with Gasteiger partial charge in [-0.05, 0) is 36.7 Å². The van der Waals surface area contributed by atoms with E-state index in [1.165, 1.54) is 6.07 Å². The van der Waals surface area contributed by atoms with Crippen LogP contribution in [0.2, 0.25) is 0 Å². The minimum atomic E-state index is -0.373. The van der Waals surface area contributed by atoms with E-state index in [0.29, 0.717) is 31.6 Å². The van der Waals surface area contributed by atoms with Crippen molar-refractivity contribution in [2.75, 3.05) is 39.3 Å². The van der Waals surface area contributed by atoms with Gasteiger partial charge in [-0.2, -0.15) is 0 Å². The van der Waals surface area contributed by atoms with Crippen molar-refractivity contribution in [2.24, 2.45) is 0 Å². The Hall–Kier alpha value is -2.80. The average molecular weight is 384 g/mol. The molecule has 0 unspecified atom stereocenters. The van der Waals surface area contributed by atoms with Crippen LogP contribution < -0.4 is 5.32 Å². The summed E-state index contributed by atoms with van der Waals surface area (Å²) in [5, 5.41) is 2.73. The Bertz CT molecular complexity index is 835. The molecule has 0 spiro atoms. The SMILES string of the molecule is CCN1CCN(C(=O)c2cccc(C(=O)NCCc3ccccc3F)n2)CC1. The molecule has 0 saturated carbocycles. The number of benzene rings is 1. The molecule has 7 heteroatoms. The Kier molecular flexibility index (Phi) is 6.71. The Labute approximate surface area is 164 Å². The molecule has 0 atom stereocenters. The lowest BCUT2D eigenvalue weighted by atomic mass is 10.1. The fourth-order valence-electron chi connectivity index (χ4n) is 3.21. The van der Waals surface area contributed by atoms with Crippen molar-refractivity contribution in [2.45, 2.75) is 13.3 Å². The van der Waals surface area contributed by atoms with E-state index in [9.17, 15) is 14.0 Å². The van der Waals surface area contributed by atoms with Gasteiger partial charge in [0.2, 0.25) is 0 Å². The van der Waals surface area contributed by atoms with Gasteiger partial charge in [-0.15, -0.1) is 0 Å². The van der Waals surface area contributed by atoms with Crippen LogP contribution in [0, 0.1) is 5.82 Å². The maximum atomic E-state index is 13.6. The van der Waals surface area contributed by atoms with E-state index in [2.05, 4.69) is 22.1 Å². The summed E-state index contributed by atoms with van der Waals surface area (Å²) in [5.41, 5.74) is 1.00. The number of amides is 2. The molecule has 6 nitrogen and oxygen atoms in total. The smallest absolute Gasteiger partial charge is 0.272 e. The normalized spacial score (nSPS) is 14.7. The topological polar surface area (TPSA) is 65.5 Å². The second kappa shape index (κ2) is 9.41. The highest BCUT2D eigenvalue weighted by Crippen LogP contribution is 2.09. The standard InChI is InChI=1S/C21H25FN4O2/c1-2-25-12-14-26(15-13-25)21(28)19-9-5-8-18(24-19)20(27)23-11-10-16-6-3-4-7-17(16)22/h3-9H,2,10-15H2,1H3,(H,23,27). The molecule has 148 valence electrons. The lowest BCUT2D eigenvalue weighted by Gasteiger charge is -2.33. The third-order valence-electron chi connectivity index (χ3n) is 4.95. The van der Waals surface area contributed by atoms with E-state index in [1.807, 2.05) is 0 Å². The molecule has 1 fully saturated rings. The molecule has 1 aliphatic heterocycles. The molecule has 0 bridgehead atoms. The van der Waals surface area contributed by atoms with Crippen molar-refractivity contribution in [3.63, 3.8) is 0 Å². The van der Waals surface area contributed by atoms with Gasteiger partial charge in [-0.3, -0.25) is 9.59 Å². The van der Waals surface area contributed by atoms with Crippen LogP contribution in [0.1, 0.15) is 33.5 Å². The quantitative estimate of drug-likeness (QED) is 0.827. The van der Waals surface area contributed by atoms with Crippen molar-refractivity contribution in [3.05, 3.63) is 65.2 Å². The highest BCUT2D eigenvalue weighted by Gasteiger charge is 2.22. The molecular formula is C21H25FN4O2. The summed E-state index contributed by atoms with van der Waals surface area (Å²) in [6.07, 6.45) is 0.388. The first-order chi connectivity index (χ1) is 13.6. The number of carbonyl (C=O) groups is 2. The zero-order valence-electron chi connectivity index (χ0n) is 16.0. The molecule has 2 heterocycles. The molecule has 28 heavy (non-hydrogen) atoms. The van der Waals surface area contributed by atoms with Gasteiger partial charge >= 0.3 is 0 Å². The first-order valence-electron chi connectivity index (χ1n) is 9.58. The number of aromatic nitrogens is 1. The number of halogens is 1. The third-order valence-corrected chi connectivity index (χ3v) is 4.95. The predicted molar refractivity (Wildman–Crippen MR) is 105 cm³/mol. The van der Waals surface area contributed by atoms with E-state index in [-0.39, 0.29) is 29.0 Å². The largest absolute Gasteiger partial charge is 0.350 e. The van der Waals surface area contributed by atoms with Crippen LogP contribution in [0.15, 0.2) is 42.5 Å². The first-order valence-corrected chi connectivity index (χ1v) is 9.58. The van der Waals surface area contributed by atoms with E-state index in [1.54, 1.807) is 41.3 Å². The molecule has 1 aromatic carbocycles. The van der Waals surface area contributed by atoms with E-state index in [4.69, 9.17) is 0 Å². The highest BCUT2D eigenvalue weighted by atomic mass is 19.1. The van der Waals surface area contributed by atoms with Gasteiger partial charge in [0.15, 0.2) is 0 Å². The van der Waals surface area contributed by atoms with Gasteiger partial charge in [0.05, 0.1) is 0 Å². The zero-order valence-corrected chi connectivity index (χ0v) is 16.0. The number of likely N-dealkylation sites (N-methyl/N-ethyl adjacent to an activating group) is 1. The van der Waals surface area contributed by atoms with Gasteiger partial charge in [-0.1, -0.05) is 31.2 Å². The fourth-order valence-corrected chi connectivity index (χ4v) is 3.21. The number of hydrogen-bond donors (Lipinski definition) is 1. The Balaban J connectivity index is 1.57. The van der Waals surface area contributed by atoms with Crippen LogP contribution in [0.4, 0.5) is 4.39 Å². The van der Waals surface area contributed by atoms with E-state index in [0.717, 1.165) is 19.6 Å². The lowest BCUT2D eigenvalue weighted by Crippen LogP contribution is -2.48. The van der Waals surface area contributed by atoms with E-state index < -0.39 is 0 Å². The molecule has 1 aromatic heterocycles. The molecular weight excluding hydrogens is 359 g/mol. The summed E-state index contributed by atoms with van der Waals surface area (Å²) < 4.78 is 13.6. The van der Waals surface area contributed by atoms with Crippen molar-refractivity contribution < 1.29 is 14.0 Å². The molecule has 2 amide bonds. The number of rotatable bonds is 6. The Morgan fingerprint density at radius 1 is 1.04 bits per heavy atom. The summed E-state index contributed by atoms with van der Waals surface area (Å²) in [5.74, 6) is -0.816. The number of piperazine rings is 1. The van der Waals surface area contributed by atoms with Gasteiger partial charge in [0.25, 0.3) is 11.8 Å². The summed E-state index contributed by atoms with van der Waals surface area (Å²) in [6, 6.07) is 11.3. The molecule has 0 radical (unpaired) electrons. The van der Waals surface area contributed by atoms with Crippen LogP contribution in [-0.4, -0.2) is 65.9 Å². The Morgan fingerprint density at radius 3 is 2.46 bits per heavy atom. The zero-order chi connectivity index (χ0) is 19.9. The number of nitrogens with zero attached hydrogens (tertiary/aromatic N) is 3. The van der Waals surface area contributed by atoms with Crippen molar-refractivity contribution in [1.82, 2.24) is 20.1 Å². The van der Waals surface area contributed by atoms with Crippen LogP contribution in [0.25, 0.3) is 0 Å². The molecule has 1 N–H and O–H groups in total. The molecule has 1 aliphatic rings. The summed E-state index contributed by atoms with van der Waals surface area (Å²) in [6.45, 7) is 6.38. The van der Waals surface area contributed by atoms with Crippen molar-refractivity contribution >= 4 is 11.8 Å². The van der Waals surface area contributed by atoms with Crippen molar-refractivity contribution in [1.29, 1.82) is 0 Å². The van der Waals surface area contributed by atoms with Crippen LogP contribution in [-0.2, 0) is 6.42 Å². The van der Waals surface area contributed by atoms with Gasteiger partial charge in [0, 0.05) is 32.7 Å². The summed E-state index contributed by atoms with van der Waals surface area (Å²) in [4.78, 5) is 33.3. The molecule has 1 saturated heterocycles. The summed E-state index contributed by atoms with van der Waals surface area (Å²) >= 11 is 0. The molecule has 2 aromatic rings. The highest BCUT2D eigenvalue weighted by molar-refractivity contribution is 5.96. The third kappa shape index (κ3) is 4.92. The Morgan fingerprint density at radius 2 is 1.75 bits per heavy atom. The van der Waals surface area contributed by atoms with E-state index >= 15 is 0 Å². The minimum Gasteiger partial charge on any atom is -0.350 e. The lowest BCUT2D eigenvalue weighted by molar-refractivity contribution is 0.0637. The monoisotopic (exact) mass is 384 g/mol.